The summed E-state index contributed by atoms with van der Waals surface area (Å²) in [6.45, 7) is 3.42. The zero-order valence-electron chi connectivity index (χ0n) is 13.0. The minimum absolute atomic E-state index is 0.213. The summed E-state index contributed by atoms with van der Waals surface area (Å²) in [6, 6.07) is 13.2. The Hall–Kier alpha value is -2.69. The van der Waals surface area contributed by atoms with Crippen molar-refractivity contribution in [1.82, 2.24) is 0 Å². The third-order valence-corrected chi connectivity index (χ3v) is 3.29. The minimum atomic E-state index is -0.962. The summed E-state index contributed by atoms with van der Waals surface area (Å²) >= 11 is 0. The molecular weight excluding hydrogens is 297 g/mol. The van der Waals surface area contributed by atoms with Gasteiger partial charge in [0.1, 0.15) is 5.82 Å². The maximum Gasteiger partial charge on any atom is 0.311 e. The molecule has 2 aromatic carbocycles. The second-order valence-corrected chi connectivity index (χ2v) is 5.26. The van der Waals surface area contributed by atoms with E-state index in [4.69, 9.17) is 4.74 Å². The maximum absolute atomic E-state index is 13.5. The van der Waals surface area contributed by atoms with Crippen molar-refractivity contribution < 1.29 is 18.7 Å². The van der Waals surface area contributed by atoms with Crippen molar-refractivity contribution in [2.45, 2.75) is 26.4 Å². The molecule has 0 unspecified atom stereocenters. The Morgan fingerprint density at radius 1 is 1.13 bits per heavy atom. The molecule has 0 aliphatic heterocycles. The molecule has 0 spiro atoms. The lowest BCUT2D eigenvalue weighted by Crippen LogP contribution is -2.30. The van der Waals surface area contributed by atoms with Crippen LogP contribution in [0.25, 0.3) is 0 Å². The molecule has 5 heteroatoms. The van der Waals surface area contributed by atoms with E-state index in [0.29, 0.717) is 5.69 Å². The number of hydrogen-bond donors (Lipinski definition) is 1. The van der Waals surface area contributed by atoms with Gasteiger partial charge in [-0.15, -0.1) is 0 Å². The number of nitrogens with one attached hydrogen (secondary N) is 1. The molecule has 0 aromatic heterocycles. The van der Waals surface area contributed by atoms with Gasteiger partial charge in [0, 0.05) is 5.69 Å². The summed E-state index contributed by atoms with van der Waals surface area (Å²) in [6.07, 6.45) is -1.18. The first-order valence-corrected chi connectivity index (χ1v) is 7.26. The van der Waals surface area contributed by atoms with Crippen LogP contribution in [-0.2, 0) is 20.7 Å². The van der Waals surface area contributed by atoms with Gasteiger partial charge in [-0.2, -0.15) is 0 Å². The van der Waals surface area contributed by atoms with Gasteiger partial charge >= 0.3 is 5.97 Å². The topological polar surface area (TPSA) is 55.4 Å². The third-order valence-electron chi connectivity index (χ3n) is 3.29. The molecule has 0 aliphatic rings. The van der Waals surface area contributed by atoms with Gasteiger partial charge in [-0.3, -0.25) is 9.59 Å². The smallest absolute Gasteiger partial charge is 0.311 e. The summed E-state index contributed by atoms with van der Waals surface area (Å²) in [5.74, 6) is -1.56. The second-order valence-electron chi connectivity index (χ2n) is 5.26. The van der Waals surface area contributed by atoms with Gasteiger partial charge in [0.15, 0.2) is 6.10 Å². The van der Waals surface area contributed by atoms with Gasteiger partial charge in [-0.05, 0) is 37.6 Å². The number of aryl methyl sites for hydroxylation is 1. The van der Waals surface area contributed by atoms with E-state index in [0.717, 1.165) is 5.56 Å². The number of carbonyl (C=O) groups excluding carboxylic acids is 2. The lowest BCUT2D eigenvalue weighted by atomic mass is 10.1. The number of halogens is 1. The van der Waals surface area contributed by atoms with E-state index in [1.807, 2.05) is 19.1 Å². The Balaban J connectivity index is 1.89. The van der Waals surface area contributed by atoms with E-state index in [-0.39, 0.29) is 12.0 Å². The van der Waals surface area contributed by atoms with Crippen LogP contribution in [0.2, 0.25) is 0 Å². The molecule has 23 heavy (non-hydrogen) atoms. The Labute approximate surface area is 134 Å². The fourth-order valence-electron chi connectivity index (χ4n) is 1.97. The number of benzene rings is 2. The first kappa shape index (κ1) is 16.7. The highest BCUT2D eigenvalue weighted by Gasteiger charge is 2.19. The Kier molecular flexibility index (Phi) is 5.46. The van der Waals surface area contributed by atoms with E-state index >= 15 is 0 Å². The van der Waals surface area contributed by atoms with Crippen molar-refractivity contribution >= 4 is 17.6 Å². The van der Waals surface area contributed by atoms with Gasteiger partial charge in [-0.25, -0.2) is 4.39 Å². The van der Waals surface area contributed by atoms with Crippen molar-refractivity contribution in [3.8, 4) is 0 Å². The molecule has 0 radical (unpaired) electrons. The van der Waals surface area contributed by atoms with Crippen LogP contribution in [0.15, 0.2) is 48.5 Å². The summed E-state index contributed by atoms with van der Waals surface area (Å²) in [7, 11) is 0. The van der Waals surface area contributed by atoms with E-state index < -0.39 is 23.8 Å². The molecule has 2 rings (SSSR count). The predicted octanol–water partition coefficient (Wildman–Crippen LogP) is 3.25. The van der Waals surface area contributed by atoms with E-state index in [9.17, 15) is 14.0 Å². The average molecular weight is 315 g/mol. The normalized spacial score (nSPS) is 11.6. The number of ether oxygens (including phenoxy) is 1. The molecule has 2 aromatic rings. The van der Waals surface area contributed by atoms with Crippen molar-refractivity contribution in [2.24, 2.45) is 0 Å². The minimum Gasteiger partial charge on any atom is -0.452 e. The van der Waals surface area contributed by atoms with Crippen molar-refractivity contribution in [2.75, 3.05) is 5.32 Å². The highest BCUT2D eigenvalue weighted by Crippen LogP contribution is 2.11. The third kappa shape index (κ3) is 4.92. The second kappa shape index (κ2) is 7.54. The quantitative estimate of drug-likeness (QED) is 0.862. The number of amides is 1. The Morgan fingerprint density at radius 3 is 2.43 bits per heavy atom. The summed E-state index contributed by atoms with van der Waals surface area (Å²) in [5.41, 5.74) is 1.94. The first-order valence-electron chi connectivity index (χ1n) is 7.26. The summed E-state index contributed by atoms with van der Waals surface area (Å²) in [5, 5.41) is 2.66. The van der Waals surface area contributed by atoms with Crippen LogP contribution in [0.5, 0.6) is 0 Å². The van der Waals surface area contributed by atoms with E-state index in [1.165, 1.54) is 19.1 Å². The van der Waals surface area contributed by atoms with Gasteiger partial charge in [0.2, 0.25) is 0 Å². The van der Waals surface area contributed by atoms with Crippen LogP contribution in [-0.4, -0.2) is 18.0 Å². The molecule has 1 atom stereocenters. The molecule has 0 saturated heterocycles. The fourth-order valence-corrected chi connectivity index (χ4v) is 1.97. The van der Waals surface area contributed by atoms with Crippen LogP contribution in [0.3, 0.4) is 0 Å². The number of esters is 1. The van der Waals surface area contributed by atoms with Crippen molar-refractivity contribution in [3.63, 3.8) is 0 Å². The predicted molar refractivity (Wildman–Crippen MR) is 85.5 cm³/mol. The first-order chi connectivity index (χ1) is 11.0. The molecule has 0 heterocycles. The molecule has 4 nitrogen and oxygen atoms in total. The highest BCUT2D eigenvalue weighted by molar-refractivity contribution is 5.95. The largest absolute Gasteiger partial charge is 0.452 e. The summed E-state index contributed by atoms with van der Waals surface area (Å²) in [4.78, 5) is 23.8. The lowest BCUT2D eigenvalue weighted by molar-refractivity contribution is -0.152. The molecular formula is C18H18FNO3. The van der Waals surface area contributed by atoms with Crippen molar-refractivity contribution in [1.29, 1.82) is 0 Å². The van der Waals surface area contributed by atoms with E-state index in [2.05, 4.69) is 5.32 Å². The zero-order valence-corrected chi connectivity index (χ0v) is 13.0. The maximum atomic E-state index is 13.5. The zero-order chi connectivity index (χ0) is 16.8. The molecule has 0 fully saturated rings. The molecule has 1 N–H and O–H groups in total. The summed E-state index contributed by atoms with van der Waals surface area (Å²) < 4.78 is 18.5. The van der Waals surface area contributed by atoms with Crippen LogP contribution in [0.1, 0.15) is 18.1 Å². The van der Waals surface area contributed by atoms with Crippen LogP contribution >= 0.6 is 0 Å². The van der Waals surface area contributed by atoms with Gasteiger partial charge < -0.3 is 10.1 Å². The number of rotatable bonds is 5. The van der Waals surface area contributed by atoms with Crippen LogP contribution in [0, 0.1) is 12.7 Å². The average Bonchev–Trinajstić information content (AvgIpc) is 2.51. The number of carbonyl (C=O) groups is 2. The monoisotopic (exact) mass is 315 g/mol. The standard InChI is InChI=1S/C18H18FNO3/c1-12-7-9-15(10-8-12)20-18(22)13(2)23-17(21)11-14-5-3-4-6-16(14)19/h3-10,13H,11H2,1-2H3,(H,20,22)/t13-/m0/s1. The Bertz CT molecular complexity index is 698. The number of hydrogen-bond acceptors (Lipinski definition) is 3. The highest BCUT2D eigenvalue weighted by atomic mass is 19.1. The van der Waals surface area contributed by atoms with E-state index in [1.54, 1.807) is 24.3 Å². The van der Waals surface area contributed by atoms with Gasteiger partial charge in [0.05, 0.1) is 6.42 Å². The molecule has 0 bridgehead atoms. The van der Waals surface area contributed by atoms with Gasteiger partial charge in [-0.1, -0.05) is 35.9 Å². The van der Waals surface area contributed by atoms with Crippen LogP contribution < -0.4 is 5.32 Å². The van der Waals surface area contributed by atoms with Crippen molar-refractivity contribution in [3.05, 3.63) is 65.5 Å². The molecule has 0 aliphatic carbocycles. The molecule has 120 valence electrons. The van der Waals surface area contributed by atoms with Gasteiger partial charge in [0.25, 0.3) is 5.91 Å². The van der Waals surface area contributed by atoms with Crippen LogP contribution in [0.4, 0.5) is 10.1 Å². The Morgan fingerprint density at radius 2 is 1.78 bits per heavy atom. The molecule has 0 saturated carbocycles. The fraction of sp³-hybridized carbons (Fsp3) is 0.222. The molecule has 1 amide bonds. The number of anilines is 1. The SMILES string of the molecule is Cc1ccc(NC(=O)[C@H](C)OC(=O)Cc2ccccc2F)cc1. The lowest BCUT2D eigenvalue weighted by Gasteiger charge is -2.14.